The van der Waals surface area contributed by atoms with Crippen LogP contribution in [0.5, 0.6) is 0 Å². The summed E-state index contributed by atoms with van der Waals surface area (Å²) in [4.78, 5) is 22.9. The lowest BCUT2D eigenvalue weighted by atomic mass is 10.1. The van der Waals surface area contributed by atoms with Crippen molar-refractivity contribution in [3.8, 4) is 0 Å². The predicted molar refractivity (Wildman–Crippen MR) is 132 cm³/mol. The molecule has 11 heteroatoms. The Kier molecular flexibility index (Phi) is 7.88. The molecule has 0 atom stereocenters. The Labute approximate surface area is 211 Å². The maximum atomic E-state index is 13.1. The van der Waals surface area contributed by atoms with Crippen LogP contribution in [-0.2, 0) is 23.8 Å². The number of thioether (sulfide) groups is 1. The zero-order valence-corrected chi connectivity index (χ0v) is 20.8. The molecule has 0 fully saturated rings. The van der Waals surface area contributed by atoms with Crippen LogP contribution in [0.4, 0.5) is 22.7 Å². The smallest absolute Gasteiger partial charge is 0.301 e. The van der Waals surface area contributed by atoms with E-state index in [1.165, 1.54) is 52.6 Å². The summed E-state index contributed by atoms with van der Waals surface area (Å²) >= 11 is 4.04. The molecular formula is C24H19F4N3OS3. The van der Waals surface area contributed by atoms with Crippen molar-refractivity contribution in [1.82, 2.24) is 9.97 Å². The quantitative estimate of drug-likeness (QED) is 0.195. The molecule has 2 aromatic carbocycles. The second-order valence-electron chi connectivity index (χ2n) is 7.64. The molecule has 0 spiro atoms. The van der Waals surface area contributed by atoms with Gasteiger partial charge in [-0.2, -0.15) is 13.2 Å². The van der Waals surface area contributed by atoms with Gasteiger partial charge in [0.1, 0.15) is 5.82 Å². The second kappa shape index (κ2) is 10.9. The lowest BCUT2D eigenvalue weighted by molar-refractivity contribution is -0.137. The Hall–Kier alpha value is -2.76. The van der Waals surface area contributed by atoms with Crippen molar-refractivity contribution in [1.29, 1.82) is 0 Å². The fraction of sp³-hybridized carbons (Fsp3) is 0.208. The lowest BCUT2D eigenvalue weighted by Crippen LogP contribution is -2.13. The van der Waals surface area contributed by atoms with Crippen LogP contribution in [0.2, 0.25) is 0 Å². The van der Waals surface area contributed by atoms with Gasteiger partial charge in [0.05, 0.1) is 17.0 Å². The van der Waals surface area contributed by atoms with E-state index in [4.69, 9.17) is 0 Å². The number of halogens is 4. The van der Waals surface area contributed by atoms with Crippen molar-refractivity contribution in [3.63, 3.8) is 0 Å². The van der Waals surface area contributed by atoms with Crippen molar-refractivity contribution in [2.45, 2.75) is 30.3 Å². The monoisotopic (exact) mass is 537 g/mol. The van der Waals surface area contributed by atoms with E-state index < -0.39 is 11.7 Å². The lowest BCUT2D eigenvalue weighted by Gasteiger charge is -2.07. The van der Waals surface area contributed by atoms with Gasteiger partial charge in [-0.05, 0) is 36.2 Å². The van der Waals surface area contributed by atoms with Gasteiger partial charge in [-0.15, -0.1) is 22.7 Å². The summed E-state index contributed by atoms with van der Waals surface area (Å²) < 4.78 is 52.6. The average molecular weight is 538 g/mol. The highest BCUT2D eigenvalue weighted by atomic mass is 32.2. The minimum Gasteiger partial charge on any atom is -0.301 e. The molecule has 2 aromatic heterocycles. The molecule has 4 nitrogen and oxygen atoms in total. The van der Waals surface area contributed by atoms with Crippen LogP contribution in [0, 0.1) is 12.7 Å². The van der Waals surface area contributed by atoms with Gasteiger partial charge in [0.25, 0.3) is 0 Å². The molecule has 0 aliphatic carbocycles. The molecule has 0 radical (unpaired) electrons. The van der Waals surface area contributed by atoms with Crippen molar-refractivity contribution in [2.24, 2.45) is 0 Å². The standard InChI is InChI=1S/C24H19F4N3OS3/c1-14-20(11-15-5-7-18(25)8-6-15)35-23(30-14)33-13-21(32)31-22-29-12-19(34-22)10-16-3-2-4-17(9-16)24(26,27)28/h2-9,12H,10-11,13H2,1H3,(H,29,31,32). The van der Waals surface area contributed by atoms with Gasteiger partial charge in [0.2, 0.25) is 5.91 Å². The van der Waals surface area contributed by atoms with Crippen LogP contribution < -0.4 is 5.32 Å². The fourth-order valence-corrected chi connectivity index (χ4v) is 6.13. The minimum absolute atomic E-state index is 0.144. The Balaban J connectivity index is 1.29. The number of benzene rings is 2. The Morgan fingerprint density at radius 1 is 1.06 bits per heavy atom. The number of nitrogens with one attached hydrogen (secondary N) is 1. The molecule has 1 amide bonds. The minimum atomic E-state index is -4.39. The van der Waals surface area contributed by atoms with Gasteiger partial charge in [-0.3, -0.25) is 4.79 Å². The number of rotatable bonds is 8. The summed E-state index contributed by atoms with van der Waals surface area (Å²) in [6.45, 7) is 1.90. The van der Waals surface area contributed by atoms with Crippen molar-refractivity contribution >= 4 is 45.5 Å². The zero-order chi connectivity index (χ0) is 25.0. The van der Waals surface area contributed by atoms with Crippen LogP contribution in [0.15, 0.2) is 59.1 Å². The first-order valence-electron chi connectivity index (χ1n) is 10.4. The number of alkyl halides is 3. The molecule has 2 heterocycles. The van der Waals surface area contributed by atoms with Gasteiger partial charge in [-0.1, -0.05) is 42.1 Å². The normalized spacial score (nSPS) is 11.6. The molecule has 0 bridgehead atoms. The van der Waals surface area contributed by atoms with Gasteiger partial charge >= 0.3 is 6.18 Å². The van der Waals surface area contributed by atoms with E-state index in [2.05, 4.69) is 15.3 Å². The summed E-state index contributed by atoms with van der Waals surface area (Å²) in [6, 6.07) is 11.5. The molecule has 0 aliphatic rings. The van der Waals surface area contributed by atoms with E-state index in [1.807, 2.05) is 6.92 Å². The van der Waals surface area contributed by atoms with E-state index in [1.54, 1.807) is 24.4 Å². The highest BCUT2D eigenvalue weighted by Crippen LogP contribution is 2.31. The van der Waals surface area contributed by atoms with E-state index in [9.17, 15) is 22.4 Å². The van der Waals surface area contributed by atoms with E-state index in [0.717, 1.165) is 37.5 Å². The van der Waals surface area contributed by atoms with Crippen LogP contribution in [0.1, 0.15) is 32.1 Å². The summed E-state index contributed by atoms with van der Waals surface area (Å²) in [5.41, 5.74) is 1.69. The first kappa shape index (κ1) is 25.3. The molecule has 0 saturated carbocycles. The van der Waals surface area contributed by atoms with Crippen LogP contribution in [0.3, 0.4) is 0 Å². The summed E-state index contributed by atoms with van der Waals surface area (Å²) in [6.07, 6.45) is -1.90. The van der Waals surface area contributed by atoms with E-state index >= 15 is 0 Å². The van der Waals surface area contributed by atoms with E-state index in [-0.39, 0.29) is 17.5 Å². The highest BCUT2D eigenvalue weighted by molar-refractivity contribution is 8.01. The zero-order valence-electron chi connectivity index (χ0n) is 18.4. The number of thiazole rings is 2. The largest absolute Gasteiger partial charge is 0.416 e. The molecular weight excluding hydrogens is 518 g/mol. The Morgan fingerprint density at radius 3 is 2.57 bits per heavy atom. The SMILES string of the molecule is Cc1nc(SCC(=O)Nc2ncc(Cc3cccc(C(F)(F)F)c3)s2)sc1Cc1ccc(F)cc1. The molecule has 4 rings (SSSR count). The van der Waals surface area contributed by atoms with Crippen LogP contribution >= 0.6 is 34.4 Å². The first-order valence-corrected chi connectivity index (χ1v) is 13.0. The Bertz CT molecular complexity index is 1320. The van der Waals surface area contributed by atoms with Gasteiger partial charge in [0, 0.05) is 28.8 Å². The third kappa shape index (κ3) is 7.12. The summed E-state index contributed by atoms with van der Waals surface area (Å²) in [7, 11) is 0. The van der Waals surface area contributed by atoms with Gasteiger partial charge < -0.3 is 5.32 Å². The summed E-state index contributed by atoms with van der Waals surface area (Å²) in [5.74, 6) is -0.381. The van der Waals surface area contributed by atoms with Crippen molar-refractivity contribution in [3.05, 3.63) is 92.7 Å². The number of hydrogen-bond acceptors (Lipinski definition) is 6. The number of nitrogens with zero attached hydrogens (tertiary/aromatic N) is 2. The molecule has 4 aromatic rings. The van der Waals surface area contributed by atoms with Crippen molar-refractivity contribution < 1.29 is 22.4 Å². The third-order valence-corrected chi connectivity index (χ3v) is 8.12. The average Bonchev–Trinajstić information content (AvgIpc) is 3.39. The number of anilines is 1. The number of carbonyl (C=O) groups excluding carboxylic acids is 1. The van der Waals surface area contributed by atoms with Crippen LogP contribution in [-0.4, -0.2) is 21.6 Å². The molecule has 182 valence electrons. The molecule has 35 heavy (non-hydrogen) atoms. The van der Waals surface area contributed by atoms with Gasteiger partial charge in [0.15, 0.2) is 9.47 Å². The molecule has 1 N–H and O–H groups in total. The predicted octanol–water partition coefficient (Wildman–Crippen LogP) is 6.98. The molecule has 0 aliphatic heterocycles. The number of amides is 1. The number of hydrogen-bond donors (Lipinski definition) is 1. The number of aryl methyl sites for hydroxylation is 1. The maximum Gasteiger partial charge on any atom is 0.416 e. The molecule has 0 saturated heterocycles. The first-order chi connectivity index (χ1) is 16.7. The fourth-order valence-electron chi connectivity index (χ4n) is 3.20. The van der Waals surface area contributed by atoms with Crippen LogP contribution in [0.25, 0.3) is 0 Å². The maximum absolute atomic E-state index is 13.1. The number of aromatic nitrogens is 2. The third-order valence-electron chi connectivity index (χ3n) is 4.91. The topological polar surface area (TPSA) is 54.9 Å². The summed E-state index contributed by atoms with van der Waals surface area (Å²) in [5, 5.41) is 3.12. The Morgan fingerprint density at radius 2 is 1.83 bits per heavy atom. The van der Waals surface area contributed by atoms with Gasteiger partial charge in [-0.25, -0.2) is 14.4 Å². The number of carbonyl (C=O) groups is 1. The second-order valence-corrected chi connectivity index (χ2v) is 11.1. The van der Waals surface area contributed by atoms with E-state index in [0.29, 0.717) is 23.5 Å². The molecule has 0 unspecified atom stereocenters. The highest BCUT2D eigenvalue weighted by Gasteiger charge is 2.30. The van der Waals surface area contributed by atoms with Crippen molar-refractivity contribution in [2.75, 3.05) is 11.1 Å².